The van der Waals surface area contributed by atoms with E-state index in [1.165, 1.54) is 22.0 Å². The van der Waals surface area contributed by atoms with Crippen LogP contribution in [0.15, 0.2) is 72.9 Å². The number of aryl methyl sites for hydroxylation is 1. The summed E-state index contributed by atoms with van der Waals surface area (Å²) in [5.41, 5.74) is 6.00. The molecule has 1 heterocycles. The van der Waals surface area contributed by atoms with Gasteiger partial charge in [0.15, 0.2) is 11.5 Å². The molecule has 4 aromatic rings. The smallest absolute Gasteiger partial charge is 0.166 e. The van der Waals surface area contributed by atoms with Crippen LogP contribution in [0.2, 0.25) is 0 Å². The van der Waals surface area contributed by atoms with Gasteiger partial charge in [-0.15, -0.1) is 0 Å². The van der Waals surface area contributed by atoms with Gasteiger partial charge in [0, 0.05) is 29.2 Å². The number of para-hydroxylation sites is 2. The summed E-state index contributed by atoms with van der Waals surface area (Å²) >= 11 is 0. The molecule has 0 unspecified atom stereocenters. The Morgan fingerprint density at radius 3 is 2.67 bits per heavy atom. The Labute approximate surface area is 177 Å². The Hall–Kier alpha value is -3.24. The third-order valence-corrected chi connectivity index (χ3v) is 5.31. The molecule has 30 heavy (non-hydrogen) atoms. The maximum absolute atomic E-state index is 6.19. The van der Waals surface area contributed by atoms with Gasteiger partial charge in [-0.1, -0.05) is 60.2 Å². The largest absolute Gasteiger partial charge is 0.493 e. The normalized spacial score (nSPS) is 11.0. The second-order valence-electron chi connectivity index (χ2n) is 7.51. The zero-order chi connectivity index (χ0) is 20.8. The number of nitrogens with one attached hydrogen (secondary N) is 2. The molecule has 0 saturated carbocycles. The minimum Gasteiger partial charge on any atom is -0.493 e. The number of aromatic amines is 1. The van der Waals surface area contributed by atoms with E-state index in [4.69, 9.17) is 9.47 Å². The Morgan fingerprint density at radius 2 is 1.80 bits per heavy atom. The van der Waals surface area contributed by atoms with Crippen LogP contribution in [0.1, 0.15) is 22.3 Å². The number of aromatic nitrogens is 1. The van der Waals surface area contributed by atoms with Crippen LogP contribution in [0, 0.1) is 6.92 Å². The Bertz CT molecular complexity index is 1120. The fourth-order valence-corrected chi connectivity index (χ4v) is 3.77. The number of hydrogen-bond acceptors (Lipinski definition) is 3. The average Bonchev–Trinajstić information content (AvgIpc) is 3.18. The van der Waals surface area contributed by atoms with Crippen molar-refractivity contribution in [3.63, 3.8) is 0 Å². The Morgan fingerprint density at radius 1 is 0.933 bits per heavy atom. The van der Waals surface area contributed by atoms with E-state index in [2.05, 4.69) is 78.0 Å². The molecule has 0 aliphatic carbocycles. The SMILES string of the molecule is COc1cccc(CNCCc2c[nH]c3ccccc23)c1OCc1cccc(C)c1. The maximum atomic E-state index is 6.19. The van der Waals surface area contributed by atoms with Crippen LogP contribution in [0.25, 0.3) is 10.9 Å². The highest BCUT2D eigenvalue weighted by Gasteiger charge is 2.11. The molecule has 0 radical (unpaired) electrons. The molecule has 4 rings (SSSR count). The third kappa shape index (κ3) is 4.66. The van der Waals surface area contributed by atoms with Crippen LogP contribution in [0.5, 0.6) is 11.5 Å². The van der Waals surface area contributed by atoms with Gasteiger partial charge < -0.3 is 19.8 Å². The van der Waals surface area contributed by atoms with Crippen LogP contribution in [0.4, 0.5) is 0 Å². The molecule has 154 valence electrons. The van der Waals surface area contributed by atoms with E-state index in [0.717, 1.165) is 42.1 Å². The summed E-state index contributed by atoms with van der Waals surface area (Å²) in [5.74, 6) is 1.57. The third-order valence-electron chi connectivity index (χ3n) is 5.31. The number of hydrogen-bond donors (Lipinski definition) is 2. The van der Waals surface area contributed by atoms with Crippen molar-refractivity contribution in [3.8, 4) is 11.5 Å². The minimum absolute atomic E-state index is 0.518. The minimum atomic E-state index is 0.518. The van der Waals surface area contributed by atoms with E-state index in [1.807, 2.05) is 12.1 Å². The lowest BCUT2D eigenvalue weighted by Crippen LogP contribution is -2.17. The number of H-pyrrole nitrogens is 1. The highest BCUT2D eigenvalue weighted by Crippen LogP contribution is 2.32. The fraction of sp³-hybridized carbons (Fsp3) is 0.231. The predicted octanol–water partition coefficient (Wildman–Crippen LogP) is 5.40. The molecule has 0 atom stereocenters. The maximum Gasteiger partial charge on any atom is 0.166 e. The Kier molecular flexibility index (Phi) is 6.35. The molecule has 0 aliphatic heterocycles. The standard InChI is InChI=1S/C26H28N2O2/c1-19-7-5-8-20(15-19)18-30-26-22(9-6-12-25(26)29-2)16-27-14-13-21-17-28-24-11-4-3-10-23(21)24/h3-12,15,17,27-28H,13-14,16,18H2,1-2H3. The van der Waals surface area contributed by atoms with E-state index in [1.54, 1.807) is 7.11 Å². The van der Waals surface area contributed by atoms with Crippen molar-refractivity contribution in [2.75, 3.05) is 13.7 Å². The molecule has 1 aromatic heterocycles. The number of ether oxygens (including phenoxy) is 2. The topological polar surface area (TPSA) is 46.3 Å². The van der Waals surface area contributed by atoms with Gasteiger partial charge in [-0.3, -0.25) is 0 Å². The second kappa shape index (κ2) is 9.51. The monoisotopic (exact) mass is 400 g/mol. The zero-order valence-electron chi connectivity index (χ0n) is 17.6. The first-order chi connectivity index (χ1) is 14.7. The summed E-state index contributed by atoms with van der Waals surface area (Å²) in [4.78, 5) is 3.34. The molecule has 0 spiro atoms. The van der Waals surface area contributed by atoms with Gasteiger partial charge in [-0.2, -0.15) is 0 Å². The number of methoxy groups -OCH3 is 1. The lowest BCUT2D eigenvalue weighted by molar-refractivity contribution is 0.280. The van der Waals surface area contributed by atoms with Crippen molar-refractivity contribution in [3.05, 3.63) is 95.2 Å². The van der Waals surface area contributed by atoms with E-state index in [-0.39, 0.29) is 0 Å². The molecular weight excluding hydrogens is 372 g/mol. The van der Waals surface area contributed by atoms with Crippen LogP contribution in [0.3, 0.4) is 0 Å². The molecule has 3 aromatic carbocycles. The average molecular weight is 401 g/mol. The van der Waals surface area contributed by atoms with Crippen molar-refractivity contribution in [1.82, 2.24) is 10.3 Å². The molecule has 0 amide bonds. The summed E-state index contributed by atoms with van der Waals surface area (Å²) in [6, 6.07) is 22.8. The summed E-state index contributed by atoms with van der Waals surface area (Å²) < 4.78 is 11.7. The van der Waals surface area contributed by atoms with Crippen molar-refractivity contribution >= 4 is 10.9 Å². The Balaban J connectivity index is 1.39. The molecule has 0 fully saturated rings. The molecule has 0 bridgehead atoms. The van der Waals surface area contributed by atoms with E-state index in [9.17, 15) is 0 Å². The van der Waals surface area contributed by atoms with E-state index in [0.29, 0.717) is 6.61 Å². The van der Waals surface area contributed by atoms with Crippen molar-refractivity contribution < 1.29 is 9.47 Å². The number of fused-ring (bicyclic) bond motifs is 1. The second-order valence-corrected chi connectivity index (χ2v) is 7.51. The van der Waals surface area contributed by atoms with Gasteiger partial charge >= 0.3 is 0 Å². The van der Waals surface area contributed by atoms with E-state index >= 15 is 0 Å². The van der Waals surface area contributed by atoms with Crippen LogP contribution >= 0.6 is 0 Å². The van der Waals surface area contributed by atoms with Gasteiger partial charge in [0.2, 0.25) is 0 Å². The molecular formula is C26H28N2O2. The highest BCUT2D eigenvalue weighted by atomic mass is 16.5. The summed E-state index contributed by atoms with van der Waals surface area (Å²) in [6.07, 6.45) is 3.07. The van der Waals surface area contributed by atoms with Gasteiger partial charge in [0.25, 0.3) is 0 Å². The van der Waals surface area contributed by atoms with Crippen molar-refractivity contribution in [2.45, 2.75) is 26.5 Å². The first-order valence-corrected chi connectivity index (χ1v) is 10.3. The summed E-state index contributed by atoms with van der Waals surface area (Å²) in [6.45, 7) is 4.22. The van der Waals surface area contributed by atoms with Gasteiger partial charge in [-0.05, 0) is 43.1 Å². The van der Waals surface area contributed by atoms with Gasteiger partial charge in [0.1, 0.15) is 6.61 Å². The number of benzene rings is 3. The van der Waals surface area contributed by atoms with Crippen LogP contribution in [-0.4, -0.2) is 18.6 Å². The van der Waals surface area contributed by atoms with Crippen LogP contribution in [-0.2, 0) is 19.6 Å². The van der Waals surface area contributed by atoms with Crippen molar-refractivity contribution in [1.29, 1.82) is 0 Å². The number of rotatable bonds is 9. The first-order valence-electron chi connectivity index (χ1n) is 10.3. The molecule has 2 N–H and O–H groups in total. The molecule has 4 heteroatoms. The van der Waals surface area contributed by atoms with Crippen molar-refractivity contribution in [2.24, 2.45) is 0 Å². The van der Waals surface area contributed by atoms with Gasteiger partial charge in [-0.25, -0.2) is 0 Å². The molecule has 4 nitrogen and oxygen atoms in total. The molecule has 0 aliphatic rings. The lowest BCUT2D eigenvalue weighted by atomic mass is 10.1. The van der Waals surface area contributed by atoms with E-state index < -0.39 is 0 Å². The highest BCUT2D eigenvalue weighted by molar-refractivity contribution is 5.83. The van der Waals surface area contributed by atoms with Gasteiger partial charge in [0.05, 0.1) is 7.11 Å². The molecule has 0 saturated heterocycles. The zero-order valence-corrected chi connectivity index (χ0v) is 17.6. The fourth-order valence-electron chi connectivity index (χ4n) is 3.77. The quantitative estimate of drug-likeness (QED) is 0.370. The summed E-state index contributed by atoms with van der Waals surface area (Å²) in [5, 5.41) is 4.85. The summed E-state index contributed by atoms with van der Waals surface area (Å²) in [7, 11) is 1.68. The predicted molar refractivity (Wildman–Crippen MR) is 122 cm³/mol. The lowest BCUT2D eigenvalue weighted by Gasteiger charge is -2.16. The van der Waals surface area contributed by atoms with Crippen LogP contribution < -0.4 is 14.8 Å². The first kappa shape index (κ1) is 20.0.